The summed E-state index contributed by atoms with van der Waals surface area (Å²) in [6.45, 7) is 0. The highest BCUT2D eigenvalue weighted by Crippen LogP contribution is 2.25. The van der Waals surface area contributed by atoms with Crippen LogP contribution in [0.5, 0.6) is 0 Å². The molecule has 0 atom stereocenters. The number of anilines is 1. The summed E-state index contributed by atoms with van der Waals surface area (Å²) in [5.41, 5.74) is 7.32. The van der Waals surface area contributed by atoms with Crippen molar-refractivity contribution in [2.24, 2.45) is 0 Å². The van der Waals surface area contributed by atoms with Crippen LogP contribution in [0.2, 0.25) is 0 Å². The number of pyridine rings is 1. The maximum Gasteiger partial charge on any atom is 0.207 e. The number of benzene rings is 1. The van der Waals surface area contributed by atoms with Gasteiger partial charge in [-0.15, -0.1) is 0 Å². The van der Waals surface area contributed by atoms with Gasteiger partial charge in [0.05, 0.1) is 5.69 Å². The van der Waals surface area contributed by atoms with Crippen LogP contribution in [0, 0.1) is 5.82 Å². The van der Waals surface area contributed by atoms with E-state index in [9.17, 15) is 4.39 Å². The van der Waals surface area contributed by atoms with Gasteiger partial charge in [-0.3, -0.25) is 4.57 Å². The normalized spacial score (nSPS) is 11.0. The highest BCUT2D eigenvalue weighted by atomic mass is 79.9. The summed E-state index contributed by atoms with van der Waals surface area (Å²) in [7, 11) is 0. The second-order valence-electron chi connectivity index (χ2n) is 3.75. The number of hydrogen-bond acceptors (Lipinski definition) is 3. The number of imidazole rings is 1. The lowest BCUT2D eigenvalue weighted by molar-refractivity contribution is 0.619. The number of halogens is 2. The Morgan fingerprint density at radius 2 is 2.11 bits per heavy atom. The number of fused-ring (bicyclic) bond motifs is 1. The van der Waals surface area contributed by atoms with Gasteiger partial charge in [0.25, 0.3) is 0 Å². The molecule has 0 bridgehead atoms. The first-order chi connectivity index (χ1) is 8.66. The van der Waals surface area contributed by atoms with Crippen molar-refractivity contribution in [1.29, 1.82) is 0 Å². The van der Waals surface area contributed by atoms with E-state index in [-0.39, 0.29) is 11.8 Å². The van der Waals surface area contributed by atoms with Crippen molar-refractivity contribution in [3.05, 3.63) is 46.8 Å². The molecule has 18 heavy (non-hydrogen) atoms. The minimum absolute atomic E-state index is 0.209. The van der Waals surface area contributed by atoms with Gasteiger partial charge in [-0.25, -0.2) is 14.4 Å². The summed E-state index contributed by atoms with van der Waals surface area (Å²) >= 11 is 3.31. The van der Waals surface area contributed by atoms with Crippen molar-refractivity contribution in [3.63, 3.8) is 0 Å². The Hall–Kier alpha value is -1.95. The van der Waals surface area contributed by atoms with E-state index in [1.54, 1.807) is 30.5 Å². The maximum absolute atomic E-state index is 13.9. The molecule has 3 aromatic rings. The van der Waals surface area contributed by atoms with E-state index < -0.39 is 0 Å². The molecule has 0 aliphatic carbocycles. The van der Waals surface area contributed by atoms with Crippen LogP contribution in [0.1, 0.15) is 0 Å². The topological polar surface area (TPSA) is 56.7 Å². The molecule has 2 aromatic heterocycles. The lowest BCUT2D eigenvalue weighted by Crippen LogP contribution is -2.03. The van der Waals surface area contributed by atoms with Gasteiger partial charge >= 0.3 is 0 Å². The fourth-order valence-electron chi connectivity index (χ4n) is 1.82. The largest absolute Gasteiger partial charge is 0.369 e. The predicted molar refractivity (Wildman–Crippen MR) is 70.9 cm³/mol. The molecule has 0 amide bonds. The van der Waals surface area contributed by atoms with Crippen LogP contribution in [0.25, 0.3) is 16.9 Å². The van der Waals surface area contributed by atoms with E-state index >= 15 is 0 Å². The Morgan fingerprint density at radius 1 is 1.28 bits per heavy atom. The molecule has 4 nitrogen and oxygen atoms in total. The molecule has 1 aromatic carbocycles. The summed E-state index contributed by atoms with van der Waals surface area (Å²) in [5.74, 6) is -0.171. The number of nitrogens with zero attached hydrogens (tertiary/aromatic N) is 3. The first-order valence-electron chi connectivity index (χ1n) is 5.21. The van der Waals surface area contributed by atoms with E-state index in [2.05, 4.69) is 25.9 Å². The quantitative estimate of drug-likeness (QED) is 0.752. The monoisotopic (exact) mass is 306 g/mol. The van der Waals surface area contributed by atoms with Crippen LogP contribution in [-0.2, 0) is 0 Å². The van der Waals surface area contributed by atoms with Gasteiger partial charge in [0.1, 0.15) is 11.3 Å². The summed E-state index contributed by atoms with van der Waals surface area (Å²) in [5, 5.41) is 0. The van der Waals surface area contributed by atoms with Gasteiger partial charge in [0.15, 0.2) is 5.65 Å². The van der Waals surface area contributed by atoms with Crippen molar-refractivity contribution < 1.29 is 4.39 Å². The third kappa shape index (κ3) is 1.65. The molecule has 0 saturated heterocycles. The van der Waals surface area contributed by atoms with Crippen molar-refractivity contribution in [2.45, 2.75) is 0 Å². The Balaban J connectivity index is 2.37. The summed E-state index contributed by atoms with van der Waals surface area (Å²) in [4.78, 5) is 8.34. The molecular formula is C12H8BrFN4. The average molecular weight is 307 g/mol. The zero-order valence-corrected chi connectivity index (χ0v) is 10.7. The maximum atomic E-state index is 13.9. The van der Waals surface area contributed by atoms with Crippen molar-refractivity contribution in [1.82, 2.24) is 14.5 Å². The Labute approximate surface area is 110 Å². The zero-order valence-electron chi connectivity index (χ0n) is 9.14. The van der Waals surface area contributed by atoms with E-state index in [1.165, 1.54) is 10.6 Å². The minimum Gasteiger partial charge on any atom is -0.369 e. The summed E-state index contributed by atoms with van der Waals surface area (Å²) in [6.07, 6.45) is 1.62. The lowest BCUT2D eigenvalue weighted by atomic mass is 10.3. The van der Waals surface area contributed by atoms with E-state index in [0.717, 1.165) is 4.47 Å². The Bertz CT molecular complexity index is 738. The first-order valence-corrected chi connectivity index (χ1v) is 6.00. The molecule has 0 fully saturated rings. The zero-order chi connectivity index (χ0) is 12.7. The van der Waals surface area contributed by atoms with Gasteiger partial charge in [-0.05, 0) is 30.3 Å². The van der Waals surface area contributed by atoms with Crippen molar-refractivity contribution in [2.75, 3.05) is 5.73 Å². The van der Waals surface area contributed by atoms with E-state index in [4.69, 9.17) is 5.73 Å². The van der Waals surface area contributed by atoms with Gasteiger partial charge < -0.3 is 5.73 Å². The molecule has 0 unspecified atom stereocenters. The van der Waals surface area contributed by atoms with Crippen LogP contribution in [0.15, 0.2) is 41.0 Å². The van der Waals surface area contributed by atoms with Crippen LogP contribution in [0.4, 0.5) is 10.3 Å². The van der Waals surface area contributed by atoms with Gasteiger partial charge in [-0.2, -0.15) is 0 Å². The Morgan fingerprint density at radius 3 is 2.94 bits per heavy atom. The standard InChI is InChI=1S/C12H8BrFN4/c13-7-3-4-8(14)10(6-7)18-11-9(17-12(18)15)2-1-5-16-11/h1-6H,(H2,15,17). The molecule has 0 saturated carbocycles. The third-order valence-electron chi connectivity index (χ3n) is 2.59. The number of nitrogen functional groups attached to an aromatic ring is 1. The molecule has 0 aliphatic rings. The summed E-state index contributed by atoms with van der Waals surface area (Å²) in [6, 6.07) is 8.18. The van der Waals surface area contributed by atoms with Crippen LogP contribution >= 0.6 is 15.9 Å². The van der Waals surface area contributed by atoms with Gasteiger partial charge in [0, 0.05) is 10.7 Å². The second-order valence-corrected chi connectivity index (χ2v) is 4.66. The summed E-state index contributed by atoms with van der Waals surface area (Å²) < 4.78 is 16.1. The molecule has 0 radical (unpaired) electrons. The SMILES string of the molecule is Nc1nc2cccnc2n1-c1cc(Br)ccc1F. The molecule has 2 heterocycles. The highest BCUT2D eigenvalue weighted by molar-refractivity contribution is 9.10. The first kappa shape index (κ1) is 11.2. The molecular weight excluding hydrogens is 299 g/mol. The number of rotatable bonds is 1. The van der Waals surface area contributed by atoms with Crippen molar-refractivity contribution in [3.8, 4) is 5.69 Å². The van der Waals surface area contributed by atoms with E-state index in [1.807, 2.05) is 0 Å². The lowest BCUT2D eigenvalue weighted by Gasteiger charge is -2.07. The van der Waals surface area contributed by atoms with Gasteiger partial charge in [0.2, 0.25) is 5.95 Å². The molecule has 0 spiro atoms. The molecule has 0 aliphatic heterocycles. The van der Waals surface area contributed by atoms with Crippen LogP contribution < -0.4 is 5.73 Å². The van der Waals surface area contributed by atoms with Gasteiger partial charge in [-0.1, -0.05) is 15.9 Å². The third-order valence-corrected chi connectivity index (χ3v) is 3.08. The van der Waals surface area contributed by atoms with Crippen molar-refractivity contribution >= 4 is 33.0 Å². The molecule has 2 N–H and O–H groups in total. The fourth-order valence-corrected chi connectivity index (χ4v) is 2.17. The average Bonchev–Trinajstić information content (AvgIpc) is 2.68. The number of hydrogen-bond donors (Lipinski definition) is 1. The highest BCUT2D eigenvalue weighted by Gasteiger charge is 2.14. The van der Waals surface area contributed by atoms with Crippen LogP contribution in [0.3, 0.4) is 0 Å². The number of nitrogens with two attached hydrogens (primary N) is 1. The van der Waals surface area contributed by atoms with E-state index in [0.29, 0.717) is 16.9 Å². The van der Waals surface area contributed by atoms with Crippen LogP contribution in [-0.4, -0.2) is 14.5 Å². The fraction of sp³-hybridized carbons (Fsp3) is 0. The number of aromatic nitrogens is 3. The molecule has 90 valence electrons. The Kier molecular flexibility index (Phi) is 2.52. The smallest absolute Gasteiger partial charge is 0.207 e. The second kappa shape index (κ2) is 4.06. The molecule has 6 heteroatoms. The predicted octanol–water partition coefficient (Wildman–Crippen LogP) is 2.90. The molecule has 3 rings (SSSR count). The minimum atomic E-state index is -0.380.